The minimum absolute atomic E-state index is 0.0570. The van der Waals surface area contributed by atoms with E-state index < -0.39 is 5.97 Å². The zero-order chi connectivity index (χ0) is 15.9. The molecule has 0 saturated heterocycles. The third-order valence-electron chi connectivity index (χ3n) is 4.09. The summed E-state index contributed by atoms with van der Waals surface area (Å²) in [6.45, 7) is 2.85. The lowest BCUT2D eigenvalue weighted by molar-refractivity contribution is -0.144. The van der Waals surface area contributed by atoms with E-state index in [1.807, 2.05) is 31.2 Å². The van der Waals surface area contributed by atoms with E-state index >= 15 is 0 Å². The molecule has 22 heavy (non-hydrogen) atoms. The molecule has 2 atom stereocenters. The highest BCUT2D eigenvalue weighted by Crippen LogP contribution is 2.29. The predicted molar refractivity (Wildman–Crippen MR) is 82.8 cm³/mol. The number of carboxylic acids is 1. The molecule has 1 aromatic carbocycles. The Hall–Kier alpha value is -2.04. The van der Waals surface area contributed by atoms with Gasteiger partial charge in [-0.25, -0.2) is 0 Å². The molecule has 1 fully saturated rings. The van der Waals surface area contributed by atoms with E-state index in [2.05, 4.69) is 5.32 Å². The van der Waals surface area contributed by atoms with Gasteiger partial charge >= 0.3 is 5.97 Å². The van der Waals surface area contributed by atoms with Crippen LogP contribution in [0.5, 0.6) is 5.75 Å². The number of hydrogen-bond donors (Lipinski definition) is 2. The van der Waals surface area contributed by atoms with Gasteiger partial charge in [-0.05, 0) is 38.3 Å². The van der Waals surface area contributed by atoms with Crippen molar-refractivity contribution in [2.24, 2.45) is 11.8 Å². The minimum atomic E-state index is -0.791. The fourth-order valence-corrected chi connectivity index (χ4v) is 2.77. The Morgan fingerprint density at radius 3 is 2.59 bits per heavy atom. The fraction of sp³-hybridized carbons (Fsp3) is 0.529. The quantitative estimate of drug-likeness (QED) is 0.791. The number of carbonyl (C=O) groups excluding carboxylic acids is 1. The van der Waals surface area contributed by atoms with Gasteiger partial charge in [0.15, 0.2) is 0 Å². The SMILES string of the molecule is Cc1ccc(OCCNC(=O)C2CCCC(C(=O)O)C2)cc1. The molecular formula is C17H23NO4. The van der Waals surface area contributed by atoms with Gasteiger partial charge in [0.05, 0.1) is 12.5 Å². The van der Waals surface area contributed by atoms with Crippen molar-refractivity contribution in [1.82, 2.24) is 5.32 Å². The van der Waals surface area contributed by atoms with Gasteiger partial charge in [-0.2, -0.15) is 0 Å². The summed E-state index contributed by atoms with van der Waals surface area (Å²) < 4.78 is 5.55. The van der Waals surface area contributed by atoms with Crippen LogP contribution in [0.25, 0.3) is 0 Å². The molecule has 2 unspecified atom stereocenters. The lowest BCUT2D eigenvalue weighted by Crippen LogP contribution is -2.37. The maximum atomic E-state index is 12.1. The molecular weight excluding hydrogens is 282 g/mol. The molecule has 120 valence electrons. The maximum absolute atomic E-state index is 12.1. The molecule has 0 bridgehead atoms. The molecule has 1 aliphatic rings. The van der Waals surface area contributed by atoms with Crippen molar-refractivity contribution >= 4 is 11.9 Å². The monoisotopic (exact) mass is 305 g/mol. The largest absolute Gasteiger partial charge is 0.492 e. The van der Waals surface area contributed by atoms with Crippen LogP contribution in [-0.4, -0.2) is 30.1 Å². The number of aliphatic carboxylic acids is 1. The molecule has 5 heteroatoms. The molecule has 1 amide bonds. The summed E-state index contributed by atoms with van der Waals surface area (Å²) in [6, 6.07) is 7.75. The number of hydrogen-bond acceptors (Lipinski definition) is 3. The third-order valence-corrected chi connectivity index (χ3v) is 4.09. The van der Waals surface area contributed by atoms with Crippen LogP contribution >= 0.6 is 0 Å². The highest BCUT2D eigenvalue weighted by Gasteiger charge is 2.30. The van der Waals surface area contributed by atoms with Crippen molar-refractivity contribution in [3.05, 3.63) is 29.8 Å². The normalized spacial score (nSPS) is 21.1. The van der Waals surface area contributed by atoms with Crippen molar-refractivity contribution in [1.29, 1.82) is 0 Å². The van der Waals surface area contributed by atoms with E-state index in [0.717, 1.165) is 18.6 Å². The van der Waals surface area contributed by atoms with Crippen LogP contribution in [0.2, 0.25) is 0 Å². The van der Waals surface area contributed by atoms with Gasteiger partial charge in [0.25, 0.3) is 0 Å². The topological polar surface area (TPSA) is 75.6 Å². The average Bonchev–Trinajstić information content (AvgIpc) is 2.53. The zero-order valence-electron chi connectivity index (χ0n) is 12.9. The number of nitrogens with one attached hydrogen (secondary N) is 1. The number of rotatable bonds is 6. The first kappa shape index (κ1) is 16.3. The molecule has 1 aliphatic carbocycles. The smallest absolute Gasteiger partial charge is 0.306 e. The van der Waals surface area contributed by atoms with Crippen molar-refractivity contribution in [3.8, 4) is 5.75 Å². The van der Waals surface area contributed by atoms with E-state index in [1.165, 1.54) is 5.56 Å². The van der Waals surface area contributed by atoms with Gasteiger partial charge < -0.3 is 15.2 Å². The number of carbonyl (C=O) groups is 2. The molecule has 0 spiro atoms. The zero-order valence-corrected chi connectivity index (χ0v) is 12.9. The van der Waals surface area contributed by atoms with Crippen molar-refractivity contribution in [2.45, 2.75) is 32.6 Å². The van der Waals surface area contributed by atoms with Crippen LogP contribution < -0.4 is 10.1 Å². The van der Waals surface area contributed by atoms with Crippen LogP contribution in [0.15, 0.2) is 24.3 Å². The second-order valence-electron chi connectivity index (χ2n) is 5.85. The standard InChI is InChI=1S/C17H23NO4/c1-12-5-7-15(8-6-12)22-10-9-18-16(19)13-3-2-4-14(11-13)17(20)21/h5-8,13-14H,2-4,9-11H2,1H3,(H,18,19)(H,20,21). The molecule has 0 aliphatic heterocycles. The number of benzene rings is 1. The average molecular weight is 305 g/mol. The number of aryl methyl sites for hydroxylation is 1. The Labute approximate surface area is 130 Å². The van der Waals surface area contributed by atoms with Crippen LogP contribution in [0, 0.1) is 18.8 Å². The summed E-state index contributed by atoms with van der Waals surface area (Å²) in [7, 11) is 0. The van der Waals surface area contributed by atoms with E-state index in [0.29, 0.717) is 26.0 Å². The second-order valence-corrected chi connectivity index (χ2v) is 5.85. The maximum Gasteiger partial charge on any atom is 0.306 e. The fourth-order valence-electron chi connectivity index (χ4n) is 2.77. The van der Waals surface area contributed by atoms with Crippen molar-refractivity contribution in [2.75, 3.05) is 13.2 Å². The lowest BCUT2D eigenvalue weighted by Gasteiger charge is -2.25. The summed E-state index contributed by atoms with van der Waals surface area (Å²) in [5.74, 6) is -0.635. The first-order chi connectivity index (χ1) is 10.6. The third kappa shape index (κ3) is 4.76. The molecule has 0 radical (unpaired) electrons. The minimum Gasteiger partial charge on any atom is -0.492 e. The van der Waals surface area contributed by atoms with E-state index in [9.17, 15) is 9.59 Å². The molecule has 0 aromatic heterocycles. The highest BCUT2D eigenvalue weighted by molar-refractivity contribution is 5.80. The molecule has 5 nitrogen and oxygen atoms in total. The Morgan fingerprint density at radius 1 is 1.23 bits per heavy atom. The lowest BCUT2D eigenvalue weighted by atomic mass is 9.81. The van der Waals surface area contributed by atoms with Crippen molar-refractivity contribution in [3.63, 3.8) is 0 Å². The summed E-state index contributed by atoms with van der Waals surface area (Å²) in [5, 5.41) is 11.9. The second kappa shape index (κ2) is 7.82. The van der Waals surface area contributed by atoms with Crippen LogP contribution in [0.4, 0.5) is 0 Å². The molecule has 2 N–H and O–H groups in total. The Kier molecular flexibility index (Phi) is 5.81. The number of ether oxygens (including phenoxy) is 1. The predicted octanol–water partition coefficient (Wildman–Crippen LogP) is 2.38. The summed E-state index contributed by atoms with van der Waals surface area (Å²) >= 11 is 0. The Bertz CT molecular complexity index is 512. The molecule has 0 heterocycles. The van der Waals surface area contributed by atoms with Crippen LogP contribution in [0.3, 0.4) is 0 Å². The van der Waals surface area contributed by atoms with Crippen LogP contribution in [0.1, 0.15) is 31.2 Å². The van der Waals surface area contributed by atoms with Gasteiger partial charge in [-0.15, -0.1) is 0 Å². The van der Waals surface area contributed by atoms with Crippen molar-refractivity contribution < 1.29 is 19.4 Å². The first-order valence-corrected chi connectivity index (χ1v) is 7.76. The van der Waals surface area contributed by atoms with E-state index in [4.69, 9.17) is 9.84 Å². The van der Waals surface area contributed by atoms with Gasteiger partial charge in [0.1, 0.15) is 12.4 Å². The van der Waals surface area contributed by atoms with E-state index in [1.54, 1.807) is 0 Å². The molecule has 2 rings (SSSR count). The summed E-state index contributed by atoms with van der Waals surface area (Å²) in [4.78, 5) is 23.1. The van der Waals surface area contributed by atoms with Gasteiger partial charge in [-0.3, -0.25) is 9.59 Å². The number of carboxylic acid groups (broad SMARTS) is 1. The number of amides is 1. The summed E-state index contributed by atoms with van der Waals surface area (Å²) in [5.41, 5.74) is 1.17. The van der Waals surface area contributed by atoms with Gasteiger partial charge in [0.2, 0.25) is 5.91 Å². The van der Waals surface area contributed by atoms with Gasteiger partial charge in [0, 0.05) is 5.92 Å². The Balaban J connectivity index is 1.69. The molecule has 1 aromatic rings. The molecule has 1 saturated carbocycles. The van der Waals surface area contributed by atoms with E-state index in [-0.39, 0.29) is 17.7 Å². The Morgan fingerprint density at radius 2 is 1.91 bits per heavy atom. The first-order valence-electron chi connectivity index (χ1n) is 7.76. The highest BCUT2D eigenvalue weighted by atomic mass is 16.5. The van der Waals surface area contributed by atoms with Gasteiger partial charge in [-0.1, -0.05) is 24.1 Å². The summed E-state index contributed by atoms with van der Waals surface area (Å²) in [6.07, 6.45) is 2.69. The van der Waals surface area contributed by atoms with Crippen LogP contribution in [-0.2, 0) is 9.59 Å².